The van der Waals surface area contributed by atoms with Crippen LogP contribution in [0.15, 0.2) is 24.5 Å². The molecule has 10 nitrogen and oxygen atoms in total. The molecule has 0 bridgehead atoms. The number of aromatic nitrogens is 3. The average Bonchev–Trinajstić information content (AvgIpc) is 3.43. The van der Waals surface area contributed by atoms with E-state index < -0.39 is 23.5 Å². The van der Waals surface area contributed by atoms with Crippen LogP contribution in [0.25, 0.3) is 10.2 Å². The molecule has 2 N–H and O–H groups in total. The van der Waals surface area contributed by atoms with Gasteiger partial charge in [0.15, 0.2) is 0 Å². The number of anilines is 2. The molecule has 40 heavy (non-hydrogen) atoms. The number of carbonyl (C=O) groups excluding carboxylic acids is 3. The minimum absolute atomic E-state index is 0.115. The number of likely N-dealkylation sites (tertiary alicyclic amines) is 1. The number of piperidine rings is 1. The zero-order valence-electron chi connectivity index (χ0n) is 24.6. The molecule has 2 atom stereocenters. The second-order valence-corrected chi connectivity index (χ2v) is 13.5. The number of aryl methyl sites for hydroxylation is 1. The number of pyridine rings is 1. The van der Waals surface area contributed by atoms with Crippen molar-refractivity contribution in [1.29, 1.82) is 0 Å². The van der Waals surface area contributed by atoms with E-state index in [0.29, 0.717) is 36.0 Å². The molecular formula is C29H40N6O4S. The fraction of sp³-hybridized carbons (Fsp3) is 0.552. The molecule has 1 fully saturated rings. The van der Waals surface area contributed by atoms with Crippen molar-refractivity contribution < 1.29 is 19.1 Å². The lowest BCUT2D eigenvalue weighted by Crippen LogP contribution is -2.46. The number of amides is 3. The standard InChI is InChI=1S/C29H40N6O4S/c1-9-18-12-20(14-30-23(18)32-27(38)39-29(6,7)8)31-24(36)26(37)34-15-17(2)10-11-21(34)22-13-19-16-35(28(3,4)5)33-25(19)40-22/h12-14,16-17,21H,9-11,15H2,1-8H3,(H,31,36)(H,30,32,38)/t17-,21+/m0/s1. The number of hydrogen-bond acceptors (Lipinski definition) is 7. The predicted molar refractivity (Wildman–Crippen MR) is 158 cm³/mol. The Kier molecular flexibility index (Phi) is 8.26. The number of nitrogens with zero attached hydrogens (tertiary/aromatic N) is 4. The second-order valence-electron chi connectivity index (χ2n) is 12.5. The van der Waals surface area contributed by atoms with E-state index in [0.717, 1.165) is 27.9 Å². The minimum Gasteiger partial charge on any atom is -0.444 e. The van der Waals surface area contributed by atoms with Crippen molar-refractivity contribution in [3.05, 3.63) is 35.0 Å². The first kappa shape index (κ1) is 29.5. The molecule has 4 heterocycles. The van der Waals surface area contributed by atoms with E-state index >= 15 is 0 Å². The maximum atomic E-state index is 13.5. The molecule has 3 aromatic heterocycles. The van der Waals surface area contributed by atoms with Gasteiger partial charge in [-0.25, -0.2) is 9.78 Å². The smallest absolute Gasteiger partial charge is 0.413 e. The van der Waals surface area contributed by atoms with Crippen LogP contribution in [0.5, 0.6) is 0 Å². The molecule has 0 unspecified atom stereocenters. The number of hydrogen-bond donors (Lipinski definition) is 2. The summed E-state index contributed by atoms with van der Waals surface area (Å²) in [5.74, 6) is -0.644. The third-order valence-corrected chi connectivity index (χ3v) is 7.87. The number of carbonyl (C=O) groups is 3. The van der Waals surface area contributed by atoms with Crippen molar-refractivity contribution in [3.63, 3.8) is 0 Å². The topological polar surface area (TPSA) is 118 Å². The number of ether oxygens (including phenoxy) is 1. The van der Waals surface area contributed by atoms with Crippen LogP contribution in [0.3, 0.4) is 0 Å². The molecule has 3 amide bonds. The highest BCUT2D eigenvalue weighted by Crippen LogP contribution is 2.39. The summed E-state index contributed by atoms with van der Waals surface area (Å²) in [6.07, 6.45) is 5.18. The van der Waals surface area contributed by atoms with E-state index in [9.17, 15) is 14.4 Å². The third kappa shape index (κ3) is 6.80. The van der Waals surface area contributed by atoms with Gasteiger partial charge in [0.2, 0.25) is 0 Å². The molecule has 0 saturated carbocycles. The SMILES string of the molecule is CCc1cc(NC(=O)C(=O)N2C[C@@H](C)CC[C@@H]2c2cc3cn(C(C)(C)C)nc3s2)cnc1NC(=O)OC(C)(C)C. The maximum absolute atomic E-state index is 13.5. The number of fused-ring (bicyclic) bond motifs is 1. The average molecular weight is 569 g/mol. The van der Waals surface area contributed by atoms with Crippen LogP contribution >= 0.6 is 11.3 Å². The highest BCUT2D eigenvalue weighted by Gasteiger charge is 2.35. The lowest BCUT2D eigenvalue weighted by molar-refractivity contribution is -0.146. The molecule has 0 aromatic carbocycles. The van der Waals surface area contributed by atoms with Crippen molar-refractivity contribution in [2.45, 2.75) is 91.8 Å². The highest BCUT2D eigenvalue weighted by molar-refractivity contribution is 7.18. The highest BCUT2D eigenvalue weighted by atomic mass is 32.1. The number of thiophene rings is 1. The van der Waals surface area contributed by atoms with Crippen LogP contribution in [-0.2, 0) is 26.3 Å². The van der Waals surface area contributed by atoms with Gasteiger partial charge in [0.05, 0.1) is 23.5 Å². The van der Waals surface area contributed by atoms with Gasteiger partial charge in [-0.2, -0.15) is 5.10 Å². The van der Waals surface area contributed by atoms with Crippen molar-refractivity contribution in [1.82, 2.24) is 19.7 Å². The quantitative estimate of drug-likeness (QED) is 0.368. The molecule has 0 aliphatic carbocycles. The zero-order chi connectivity index (χ0) is 29.4. The van der Waals surface area contributed by atoms with Gasteiger partial charge in [0, 0.05) is 23.0 Å². The van der Waals surface area contributed by atoms with Gasteiger partial charge >= 0.3 is 17.9 Å². The van der Waals surface area contributed by atoms with E-state index in [1.165, 1.54) is 6.20 Å². The van der Waals surface area contributed by atoms with Crippen LogP contribution in [0, 0.1) is 5.92 Å². The Bertz CT molecular complexity index is 1380. The molecule has 4 rings (SSSR count). The Hall–Kier alpha value is -3.47. The van der Waals surface area contributed by atoms with Crippen LogP contribution < -0.4 is 10.6 Å². The van der Waals surface area contributed by atoms with Gasteiger partial charge in [0.25, 0.3) is 0 Å². The normalized spacial score (nSPS) is 18.1. The third-order valence-electron chi connectivity index (χ3n) is 6.73. The first-order chi connectivity index (χ1) is 18.6. The van der Waals surface area contributed by atoms with E-state index in [4.69, 9.17) is 9.84 Å². The van der Waals surface area contributed by atoms with Crippen LogP contribution in [0.4, 0.5) is 16.3 Å². The van der Waals surface area contributed by atoms with Crippen molar-refractivity contribution in [2.24, 2.45) is 5.92 Å². The Balaban J connectivity index is 1.49. The molecule has 0 spiro atoms. The first-order valence-electron chi connectivity index (χ1n) is 13.7. The zero-order valence-corrected chi connectivity index (χ0v) is 25.4. The monoisotopic (exact) mass is 568 g/mol. The molecular weight excluding hydrogens is 528 g/mol. The largest absolute Gasteiger partial charge is 0.444 e. The van der Waals surface area contributed by atoms with E-state index in [2.05, 4.69) is 49.4 Å². The lowest BCUT2D eigenvalue weighted by Gasteiger charge is -2.37. The molecule has 0 radical (unpaired) electrons. The van der Waals surface area contributed by atoms with Crippen molar-refractivity contribution in [2.75, 3.05) is 17.2 Å². The first-order valence-corrected chi connectivity index (χ1v) is 14.6. The van der Waals surface area contributed by atoms with E-state index in [1.54, 1.807) is 43.1 Å². The maximum Gasteiger partial charge on any atom is 0.413 e. The Morgan fingerprint density at radius 3 is 2.45 bits per heavy atom. The Morgan fingerprint density at radius 1 is 1.10 bits per heavy atom. The molecule has 1 aliphatic rings. The number of nitrogens with one attached hydrogen (secondary N) is 2. The second kappa shape index (κ2) is 11.2. The Labute approximate surface area is 239 Å². The molecule has 11 heteroatoms. The molecule has 216 valence electrons. The van der Waals surface area contributed by atoms with Gasteiger partial charge in [-0.05, 0) is 84.4 Å². The van der Waals surface area contributed by atoms with Crippen LogP contribution in [0.1, 0.15) is 84.7 Å². The summed E-state index contributed by atoms with van der Waals surface area (Å²) < 4.78 is 7.27. The van der Waals surface area contributed by atoms with Gasteiger partial charge in [-0.3, -0.25) is 19.6 Å². The van der Waals surface area contributed by atoms with E-state index in [-0.39, 0.29) is 11.6 Å². The van der Waals surface area contributed by atoms with Gasteiger partial charge in [-0.15, -0.1) is 11.3 Å². The summed E-state index contributed by atoms with van der Waals surface area (Å²) in [6.45, 7) is 16.2. The summed E-state index contributed by atoms with van der Waals surface area (Å²) in [5.41, 5.74) is 0.336. The van der Waals surface area contributed by atoms with Gasteiger partial charge < -0.3 is 15.0 Å². The fourth-order valence-electron chi connectivity index (χ4n) is 4.70. The fourth-order valence-corrected chi connectivity index (χ4v) is 5.85. The van der Waals surface area contributed by atoms with Crippen molar-refractivity contribution in [3.8, 4) is 0 Å². The molecule has 1 saturated heterocycles. The predicted octanol–water partition coefficient (Wildman–Crippen LogP) is 6.10. The molecule has 3 aromatic rings. The molecule has 1 aliphatic heterocycles. The number of rotatable bonds is 4. The van der Waals surface area contributed by atoms with Gasteiger partial charge in [-0.1, -0.05) is 13.8 Å². The van der Waals surface area contributed by atoms with E-state index in [1.807, 2.05) is 17.8 Å². The summed E-state index contributed by atoms with van der Waals surface area (Å²) in [5, 5.41) is 11.2. The Morgan fingerprint density at radius 2 is 1.82 bits per heavy atom. The summed E-state index contributed by atoms with van der Waals surface area (Å²) in [4.78, 5) is 46.8. The summed E-state index contributed by atoms with van der Waals surface area (Å²) in [7, 11) is 0. The minimum atomic E-state index is -0.713. The summed E-state index contributed by atoms with van der Waals surface area (Å²) in [6, 6.07) is 3.63. The lowest BCUT2D eigenvalue weighted by atomic mass is 9.93. The van der Waals surface area contributed by atoms with Crippen LogP contribution in [-0.4, -0.2) is 49.7 Å². The van der Waals surface area contributed by atoms with Gasteiger partial charge in [0.1, 0.15) is 16.2 Å². The van der Waals surface area contributed by atoms with Crippen molar-refractivity contribution >= 4 is 51.0 Å². The summed E-state index contributed by atoms with van der Waals surface area (Å²) >= 11 is 1.58. The van der Waals surface area contributed by atoms with Crippen LogP contribution in [0.2, 0.25) is 0 Å².